The highest BCUT2D eigenvalue weighted by molar-refractivity contribution is 5.17. The number of hydrogen-bond donors (Lipinski definition) is 2. The van der Waals surface area contributed by atoms with Crippen LogP contribution in [0.25, 0.3) is 0 Å². The van der Waals surface area contributed by atoms with Crippen molar-refractivity contribution in [2.45, 2.75) is 96.7 Å². The second-order valence-corrected chi connectivity index (χ2v) is 10.5. The highest BCUT2D eigenvalue weighted by atomic mass is 16.3. The molecule has 4 aliphatic rings. The lowest BCUT2D eigenvalue weighted by Crippen LogP contribution is -2.64. The molecule has 2 nitrogen and oxygen atoms in total. The summed E-state index contributed by atoms with van der Waals surface area (Å²) in [7, 11) is 0. The molecule has 0 bridgehead atoms. The molecule has 8 atom stereocenters. The van der Waals surface area contributed by atoms with Gasteiger partial charge in [-0.1, -0.05) is 26.7 Å². The van der Waals surface area contributed by atoms with Crippen LogP contribution in [0.15, 0.2) is 0 Å². The summed E-state index contributed by atoms with van der Waals surface area (Å²) < 4.78 is 0. The van der Waals surface area contributed by atoms with Gasteiger partial charge in [-0.05, 0) is 87.9 Å². The zero-order chi connectivity index (χ0) is 16.7. The van der Waals surface area contributed by atoms with Crippen LogP contribution in [-0.2, 0) is 0 Å². The average Bonchev–Trinajstić information content (AvgIpc) is 2.66. The van der Waals surface area contributed by atoms with E-state index >= 15 is 0 Å². The monoisotopic (exact) mass is 320 g/mol. The van der Waals surface area contributed by atoms with E-state index in [0.29, 0.717) is 23.2 Å². The highest BCUT2D eigenvalue weighted by Gasteiger charge is 2.68. The molecule has 0 aromatic rings. The zero-order valence-electron chi connectivity index (χ0n) is 15.6. The summed E-state index contributed by atoms with van der Waals surface area (Å²) in [5.41, 5.74) is -1.04. The van der Waals surface area contributed by atoms with Crippen LogP contribution in [0.1, 0.15) is 85.5 Å². The predicted octanol–water partition coefficient (Wildman–Crippen LogP) is 4.53. The van der Waals surface area contributed by atoms with Gasteiger partial charge in [0, 0.05) is 5.41 Å². The molecule has 23 heavy (non-hydrogen) atoms. The highest BCUT2D eigenvalue weighted by Crippen LogP contribution is 2.70. The Bertz CT molecular complexity index is 496. The van der Waals surface area contributed by atoms with E-state index in [9.17, 15) is 10.2 Å². The molecule has 132 valence electrons. The molecule has 2 heteroatoms. The van der Waals surface area contributed by atoms with Crippen molar-refractivity contribution in [1.29, 1.82) is 0 Å². The predicted molar refractivity (Wildman–Crippen MR) is 93.0 cm³/mol. The number of rotatable bonds is 0. The summed E-state index contributed by atoms with van der Waals surface area (Å²) >= 11 is 0. The Morgan fingerprint density at radius 1 is 0.826 bits per heavy atom. The second kappa shape index (κ2) is 4.75. The van der Waals surface area contributed by atoms with Crippen molar-refractivity contribution in [1.82, 2.24) is 0 Å². The second-order valence-electron chi connectivity index (χ2n) is 10.5. The fraction of sp³-hybridized carbons (Fsp3) is 1.00. The van der Waals surface area contributed by atoms with Crippen LogP contribution in [0.4, 0.5) is 0 Å². The molecule has 4 aliphatic carbocycles. The lowest BCUT2D eigenvalue weighted by molar-refractivity contribution is -0.231. The summed E-state index contributed by atoms with van der Waals surface area (Å²) in [6.07, 6.45) is 10.9. The Morgan fingerprint density at radius 2 is 1.57 bits per heavy atom. The van der Waals surface area contributed by atoms with Gasteiger partial charge in [-0.15, -0.1) is 0 Å². The molecule has 0 heterocycles. The molecule has 2 N–H and O–H groups in total. The van der Waals surface area contributed by atoms with Crippen molar-refractivity contribution in [3.63, 3.8) is 0 Å². The molecule has 0 saturated heterocycles. The van der Waals surface area contributed by atoms with Crippen LogP contribution < -0.4 is 0 Å². The fourth-order valence-electron chi connectivity index (χ4n) is 8.27. The Hall–Kier alpha value is -0.0800. The van der Waals surface area contributed by atoms with Gasteiger partial charge in [0.05, 0.1) is 11.2 Å². The molecule has 0 radical (unpaired) electrons. The van der Waals surface area contributed by atoms with E-state index in [0.717, 1.165) is 25.2 Å². The van der Waals surface area contributed by atoms with Crippen molar-refractivity contribution in [3.05, 3.63) is 0 Å². The molecule has 0 aromatic carbocycles. The summed E-state index contributed by atoms with van der Waals surface area (Å²) in [5, 5.41) is 22.7. The van der Waals surface area contributed by atoms with Crippen LogP contribution in [0.5, 0.6) is 0 Å². The number of fused-ring (bicyclic) bond motifs is 5. The quantitative estimate of drug-likeness (QED) is 0.688. The Balaban J connectivity index is 1.77. The van der Waals surface area contributed by atoms with Crippen LogP contribution in [0.2, 0.25) is 0 Å². The van der Waals surface area contributed by atoms with E-state index in [2.05, 4.69) is 20.8 Å². The average molecular weight is 321 g/mol. The minimum atomic E-state index is -0.630. The fourth-order valence-corrected chi connectivity index (χ4v) is 8.27. The summed E-state index contributed by atoms with van der Waals surface area (Å²) in [4.78, 5) is 0. The number of hydrogen-bond acceptors (Lipinski definition) is 2. The molecule has 0 aromatic heterocycles. The van der Waals surface area contributed by atoms with Crippen molar-refractivity contribution in [2.75, 3.05) is 0 Å². The Kier molecular flexibility index (Phi) is 3.39. The maximum atomic E-state index is 11.6. The van der Waals surface area contributed by atoms with Gasteiger partial charge in [0.2, 0.25) is 0 Å². The van der Waals surface area contributed by atoms with E-state index in [1.165, 1.54) is 38.5 Å². The minimum absolute atomic E-state index is 0.116. The lowest BCUT2D eigenvalue weighted by atomic mass is 9.41. The largest absolute Gasteiger partial charge is 0.390 e. The molecule has 4 fully saturated rings. The van der Waals surface area contributed by atoms with Gasteiger partial charge >= 0.3 is 0 Å². The first-order chi connectivity index (χ1) is 10.6. The van der Waals surface area contributed by atoms with E-state index in [-0.39, 0.29) is 5.41 Å². The van der Waals surface area contributed by atoms with E-state index in [4.69, 9.17) is 0 Å². The van der Waals surface area contributed by atoms with Crippen LogP contribution in [-0.4, -0.2) is 21.4 Å². The minimum Gasteiger partial charge on any atom is -0.390 e. The van der Waals surface area contributed by atoms with Crippen molar-refractivity contribution in [3.8, 4) is 0 Å². The third kappa shape index (κ3) is 2.00. The van der Waals surface area contributed by atoms with Gasteiger partial charge in [-0.3, -0.25) is 0 Å². The van der Waals surface area contributed by atoms with Crippen LogP contribution >= 0.6 is 0 Å². The summed E-state index contributed by atoms with van der Waals surface area (Å²) in [5.74, 6) is 2.45. The zero-order valence-corrected chi connectivity index (χ0v) is 15.6. The summed E-state index contributed by atoms with van der Waals surface area (Å²) in [6, 6.07) is 0. The first-order valence-electron chi connectivity index (χ1n) is 10.1. The van der Waals surface area contributed by atoms with Crippen LogP contribution in [0.3, 0.4) is 0 Å². The summed E-state index contributed by atoms with van der Waals surface area (Å²) in [6.45, 7) is 8.89. The van der Waals surface area contributed by atoms with Gasteiger partial charge in [0.1, 0.15) is 0 Å². The van der Waals surface area contributed by atoms with Crippen molar-refractivity contribution in [2.24, 2.45) is 34.5 Å². The lowest BCUT2D eigenvalue weighted by Gasteiger charge is -2.65. The van der Waals surface area contributed by atoms with Gasteiger partial charge in [0.25, 0.3) is 0 Å². The van der Waals surface area contributed by atoms with Gasteiger partial charge in [-0.25, -0.2) is 0 Å². The first-order valence-corrected chi connectivity index (χ1v) is 10.1. The smallest absolute Gasteiger partial charge is 0.0677 e. The van der Waals surface area contributed by atoms with Gasteiger partial charge < -0.3 is 10.2 Å². The third-order valence-corrected chi connectivity index (χ3v) is 9.34. The molecule has 0 aliphatic heterocycles. The molecule has 4 saturated carbocycles. The molecular weight excluding hydrogens is 284 g/mol. The number of aliphatic hydroxyl groups is 2. The van der Waals surface area contributed by atoms with Gasteiger partial charge in [0.15, 0.2) is 0 Å². The first kappa shape index (κ1) is 16.4. The topological polar surface area (TPSA) is 40.5 Å². The molecule has 0 spiro atoms. The Morgan fingerprint density at radius 3 is 2.30 bits per heavy atom. The molecule has 4 rings (SSSR count). The maximum Gasteiger partial charge on any atom is 0.0677 e. The third-order valence-electron chi connectivity index (χ3n) is 9.34. The molecule has 0 amide bonds. The normalized spacial score (nSPS) is 62.3. The maximum absolute atomic E-state index is 11.6. The Labute approximate surface area is 142 Å². The van der Waals surface area contributed by atoms with E-state index in [1.807, 2.05) is 6.92 Å². The SMILES string of the molecule is C[C@]12CCCC[C@@H]1CC[C@@H]1[C@@H]2[C@@](C)(O)C[C@@]2(C)[C@H]1CC[C@]2(C)O. The van der Waals surface area contributed by atoms with E-state index < -0.39 is 11.2 Å². The van der Waals surface area contributed by atoms with Gasteiger partial charge in [-0.2, -0.15) is 0 Å². The standard InChI is InChI=1S/C21H36O2/c1-18-11-6-5-7-14(18)8-9-15-16-10-12-21(4,23)19(16,2)13-20(3,22)17(15)18/h14-17,22-23H,5-13H2,1-4H3/t14-,15+,16+,17+,18+,19+,20+,21+/m1/s1. The van der Waals surface area contributed by atoms with E-state index in [1.54, 1.807) is 0 Å². The van der Waals surface area contributed by atoms with Crippen molar-refractivity contribution < 1.29 is 10.2 Å². The van der Waals surface area contributed by atoms with Crippen molar-refractivity contribution >= 4 is 0 Å². The van der Waals surface area contributed by atoms with Crippen LogP contribution in [0, 0.1) is 34.5 Å². The molecule has 0 unspecified atom stereocenters. The molecular formula is C21H36O2.